The van der Waals surface area contributed by atoms with Crippen LogP contribution in [0.3, 0.4) is 0 Å². The number of hydrogen-bond donors (Lipinski definition) is 0. The second-order valence-electron chi connectivity index (χ2n) is 3.75. The van der Waals surface area contributed by atoms with Crippen LogP contribution in [-0.2, 0) is 9.47 Å². The Balaban J connectivity index is 2.64. The molecule has 0 bridgehead atoms. The molecule has 0 atom stereocenters. The summed E-state index contributed by atoms with van der Waals surface area (Å²) in [6.07, 6.45) is 0. The van der Waals surface area contributed by atoms with Gasteiger partial charge in [0.15, 0.2) is 5.78 Å². The minimum absolute atomic E-state index is 0.0903. The van der Waals surface area contributed by atoms with Crippen LogP contribution in [0.4, 0.5) is 0 Å². The van der Waals surface area contributed by atoms with E-state index in [-0.39, 0.29) is 11.7 Å². The predicted molar refractivity (Wildman–Crippen MR) is 67.2 cm³/mol. The molecule has 0 unspecified atom stereocenters. The Hall–Kier alpha value is -1.19. The van der Waals surface area contributed by atoms with Crippen molar-refractivity contribution in [1.82, 2.24) is 0 Å². The maximum absolute atomic E-state index is 12.2. The Morgan fingerprint density at radius 1 is 1.06 bits per heavy atom. The maximum atomic E-state index is 12.2. The average Bonchev–Trinajstić information content (AvgIpc) is 2.39. The third-order valence-corrected chi connectivity index (χ3v) is 2.48. The summed E-state index contributed by atoms with van der Waals surface area (Å²) >= 11 is 0. The molecule has 3 heteroatoms. The molecule has 0 fully saturated rings. The standard InChI is InChI=1S/C14H20O3/c1-3-16-10-13(11-17-4-2)14(15)12-8-6-5-7-9-12/h5-9,13H,3-4,10-11H2,1-2H3. The molecule has 1 aromatic rings. The zero-order valence-corrected chi connectivity index (χ0v) is 10.5. The van der Waals surface area contributed by atoms with Crippen molar-refractivity contribution < 1.29 is 14.3 Å². The van der Waals surface area contributed by atoms with Crippen molar-refractivity contribution >= 4 is 5.78 Å². The Labute approximate surface area is 103 Å². The van der Waals surface area contributed by atoms with Gasteiger partial charge in [-0.25, -0.2) is 0 Å². The van der Waals surface area contributed by atoms with E-state index in [9.17, 15) is 4.79 Å². The van der Waals surface area contributed by atoms with Gasteiger partial charge in [0.1, 0.15) is 0 Å². The van der Waals surface area contributed by atoms with Crippen molar-refractivity contribution in [1.29, 1.82) is 0 Å². The van der Waals surface area contributed by atoms with Crippen LogP contribution in [0.2, 0.25) is 0 Å². The molecule has 0 aliphatic heterocycles. The molecule has 0 saturated heterocycles. The molecule has 1 aromatic carbocycles. The van der Waals surface area contributed by atoms with E-state index in [1.807, 2.05) is 44.2 Å². The van der Waals surface area contributed by atoms with Gasteiger partial charge in [-0.2, -0.15) is 0 Å². The Morgan fingerprint density at radius 3 is 2.06 bits per heavy atom. The van der Waals surface area contributed by atoms with E-state index < -0.39 is 0 Å². The number of ether oxygens (including phenoxy) is 2. The Kier molecular flexibility index (Phi) is 6.51. The summed E-state index contributed by atoms with van der Waals surface area (Å²) in [7, 11) is 0. The molecular formula is C14H20O3. The molecule has 0 heterocycles. The predicted octanol–water partition coefficient (Wildman–Crippen LogP) is 2.56. The highest BCUT2D eigenvalue weighted by atomic mass is 16.5. The highest BCUT2D eigenvalue weighted by Gasteiger charge is 2.20. The number of ketones is 1. The molecule has 0 saturated carbocycles. The van der Waals surface area contributed by atoms with Crippen LogP contribution in [-0.4, -0.2) is 32.2 Å². The summed E-state index contributed by atoms with van der Waals surface area (Å²) in [5.74, 6) is -0.121. The minimum atomic E-state index is -0.211. The van der Waals surface area contributed by atoms with Crippen molar-refractivity contribution in [3.8, 4) is 0 Å². The fraction of sp³-hybridized carbons (Fsp3) is 0.500. The van der Waals surface area contributed by atoms with Crippen LogP contribution < -0.4 is 0 Å². The Morgan fingerprint density at radius 2 is 1.59 bits per heavy atom. The van der Waals surface area contributed by atoms with Crippen LogP contribution >= 0.6 is 0 Å². The van der Waals surface area contributed by atoms with Crippen LogP contribution in [0, 0.1) is 5.92 Å². The SMILES string of the molecule is CCOCC(COCC)C(=O)c1ccccc1. The van der Waals surface area contributed by atoms with Crippen LogP contribution in [0.25, 0.3) is 0 Å². The number of carbonyl (C=O) groups excluding carboxylic acids is 1. The first-order valence-corrected chi connectivity index (χ1v) is 6.04. The van der Waals surface area contributed by atoms with Gasteiger partial charge in [-0.15, -0.1) is 0 Å². The normalized spacial score (nSPS) is 10.8. The lowest BCUT2D eigenvalue weighted by atomic mass is 9.99. The number of rotatable bonds is 8. The molecule has 0 amide bonds. The van der Waals surface area contributed by atoms with Gasteiger partial charge in [-0.3, -0.25) is 4.79 Å². The fourth-order valence-electron chi connectivity index (χ4n) is 1.56. The molecule has 0 spiro atoms. The van der Waals surface area contributed by atoms with E-state index in [0.29, 0.717) is 26.4 Å². The summed E-state index contributed by atoms with van der Waals surface area (Å²) in [6, 6.07) is 9.29. The monoisotopic (exact) mass is 236 g/mol. The highest BCUT2D eigenvalue weighted by Crippen LogP contribution is 2.10. The number of hydrogen-bond acceptors (Lipinski definition) is 3. The van der Waals surface area contributed by atoms with Crippen LogP contribution in [0.5, 0.6) is 0 Å². The van der Waals surface area contributed by atoms with E-state index in [1.165, 1.54) is 0 Å². The minimum Gasteiger partial charge on any atom is -0.381 e. The summed E-state index contributed by atoms with van der Waals surface area (Å²) < 4.78 is 10.7. The van der Waals surface area contributed by atoms with Gasteiger partial charge in [-0.1, -0.05) is 30.3 Å². The smallest absolute Gasteiger partial charge is 0.170 e. The van der Waals surface area contributed by atoms with E-state index in [0.717, 1.165) is 5.56 Å². The van der Waals surface area contributed by atoms with Crippen molar-refractivity contribution in [2.75, 3.05) is 26.4 Å². The van der Waals surface area contributed by atoms with Gasteiger partial charge in [0, 0.05) is 18.8 Å². The lowest BCUT2D eigenvalue weighted by molar-refractivity contribution is 0.0415. The molecular weight excluding hydrogens is 216 g/mol. The quantitative estimate of drug-likeness (QED) is 0.651. The van der Waals surface area contributed by atoms with Gasteiger partial charge >= 0.3 is 0 Å². The van der Waals surface area contributed by atoms with E-state index >= 15 is 0 Å². The molecule has 0 aromatic heterocycles. The molecule has 0 aliphatic carbocycles. The van der Waals surface area contributed by atoms with Crippen molar-refractivity contribution in [2.45, 2.75) is 13.8 Å². The summed E-state index contributed by atoms with van der Waals surface area (Å²) in [4.78, 5) is 12.2. The van der Waals surface area contributed by atoms with Gasteiger partial charge in [0.2, 0.25) is 0 Å². The van der Waals surface area contributed by atoms with E-state index in [2.05, 4.69) is 0 Å². The summed E-state index contributed by atoms with van der Waals surface area (Å²) in [5.41, 5.74) is 0.719. The maximum Gasteiger partial charge on any atom is 0.170 e. The zero-order chi connectivity index (χ0) is 12.5. The second-order valence-corrected chi connectivity index (χ2v) is 3.75. The van der Waals surface area contributed by atoms with Crippen molar-refractivity contribution in [3.05, 3.63) is 35.9 Å². The largest absolute Gasteiger partial charge is 0.381 e. The molecule has 3 nitrogen and oxygen atoms in total. The lowest BCUT2D eigenvalue weighted by Gasteiger charge is -2.15. The van der Waals surface area contributed by atoms with Gasteiger partial charge in [-0.05, 0) is 13.8 Å². The van der Waals surface area contributed by atoms with Gasteiger partial charge in [0.05, 0.1) is 19.1 Å². The van der Waals surface area contributed by atoms with Crippen molar-refractivity contribution in [3.63, 3.8) is 0 Å². The van der Waals surface area contributed by atoms with Gasteiger partial charge < -0.3 is 9.47 Å². The molecule has 0 N–H and O–H groups in total. The van der Waals surface area contributed by atoms with Crippen LogP contribution in [0.1, 0.15) is 24.2 Å². The summed E-state index contributed by atoms with van der Waals surface area (Å²) in [5, 5.41) is 0. The topological polar surface area (TPSA) is 35.5 Å². The molecule has 1 rings (SSSR count). The summed E-state index contributed by atoms with van der Waals surface area (Å²) in [6.45, 7) is 5.92. The number of Topliss-reactive ketones (excluding diaryl/α,β-unsaturated/α-hetero) is 1. The van der Waals surface area contributed by atoms with Gasteiger partial charge in [0.25, 0.3) is 0 Å². The molecule has 0 radical (unpaired) electrons. The number of benzene rings is 1. The van der Waals surface area contributed by atoms with Crippen molar-refractivity contribution in [2.24, 2.45) is 5.92 Å². The molecule has 0 aliphatic rings. The third-order valence-electron chi connectivity index (χ3n) is 2.48. The first-order valence-electron chi connectivity index (χ1n) is 6.04. The van der Waals surface area contributed by atoms with E-state index in [1.54, 1.807) is 0 Å². The first kappa shape index (κ1) is 13.9. The number of carbonyl (C=O) groups is 1. The third kappa shape index (κ3) is 4.67. The average molecular weight is 236 g/mol. The fourth-order valence-corrected chi connectivity index (χ4v) is 1.56. The molecule has 94 valence electrons. The molecule has 17 heavy (non-hydrogen) atoms. The van der Waals surface area contributed by atoms with Crippen LogP contribution in [0.15, 0.2) is 30.3 Å². The first-order chi connectivity index (χ1) is 8.29. The lowest BCUT2D eigenvalue weighted by Crippen LogP contribution is -2.25. The Bertz CT molecular complexity index is 313. The van der Waals surface area contributed by atoms with E-state index in [4.69, 9.17) is 9.47 Å². The zero-order valence-electron chi connectivity index (χ0n) is 10.5. The second kappa shape index (κ2) is 7.98. The highest BCUT2D eigenvalue weighted by molar-refractivity contribution is 5.98.